The summed E-state index contributed by atoms with van der Waals surface area (Å²) >= 11 is 0. The van der Waals surface area contributed by atoms with Gasteiger partial charge in [0.05, 0.1) is 12.0 Å². The zero-order valence-corrected chi connectivity index (χ0v) is 13.7. The molecular weight excluding hydrogens is 290 g/mol. The second-order valence-electron chi connectivity index (χ2n) is 6.39. The second kappa shape index (κ2) is 6.72. The summed E-state index contributed by atoms with van der Waals surface area (Å²) < 4.78 is 0. The summed E-state index contributed by atoms with van der Waals surface area (Å²) in [6.07, 6.45) is 3.11. The molecule has 1 aromatic carbocycles. The number of H-pyrrole nitrogens is 1. The molecule has 0 spiro atoms. The van der Waals surface area contributed by atoms with Crippen molar-refractivity contribution in [2.45, 2.75) is 31.9 Å². The van der Waals surface area contributed by atoms with Crippen molar-refractivity contribution in [2.24, 2.45) is 5.92 Å². The fraction of sp³-hybridized carbons (Fsp3) is 0.500. The third-order valence-corrected chi connectivity index (χ3v) is 4.96. The maximum absolute atomic E-state index is 12.7. The van der Waals surface area contributed by atoms with Gasteiger partial charge in [-0.25, -0.2) is 0 Å². The molecule has 0 saturated carbocycles. The van der Waals surface area contributed by atoms with Gasteiger partial charge in [0.1, 0.15) is 0 Å². The van der Waals surface area contributed by atoms with Gasteiger partial charge >= 0.3 is 0 Å². The lowest BCUT2D eigenvalue weighted by molar-refractivity contribution is -0.144. The van der Waals surface area contributed by atoms with E-state index in [0.29, 0.717) is 6.54 Å². The summed E-state index contributed by atoms with van der Waals surface area (Å²) in [4.78, 5) is 17.9. The maximum Gasteiger partial charge on any atom is 0.229 e. The molecule has 0 aliphatic carbocycles. The zero-order valence-electron chi connectivity index (χ0n) is 13.7. The highest BCUT2D eigenvalue weighted by atomic mass is 16.3. The number of nitrogens with one attached hydrogen (secondary N) is 2. The van der Waals surface area contributed by atoms with Crippen LogP contribution in [0.25, 0.3) is 10.9 Å². The monoisotopic (exact) mass is 315 g/mol. The normalized spacial score (nSPS) is 23.4. The average molecular weight is 315 g/mol. The molecule has 2 unspecified atom stereocenters. The van der Waals surface area contributed by atoms with E-state index in [0.717, 1.165) is 24.9 Å². The summed E-state index contributed by atoms with van der Waals surface area (Å²) in [7, 11) is 1.86. The molecule has 5 heteroatoms. The van der Waals surface area contributed by atoms with Crippen molar-refractivity contribution in [2.75, 3.05) is 20.1 Å². The molecule has 1 fully saturated rings. The largest absolute Gasteiger partial charge is 0.393 e. The van der Waals surface area contributed by atoms with Crippen LogP contribution < -0.4 is 5.32 Å². The minimum absolute atomic E-state index is 0.0606. The van der Waals surface area contributed by atoms with Crippen molar-refractivity contribution >= 4 is 16.8 Å². The topological polar surface area (TPSA) is 68.4 Å². The summed E-state index contributed by atoms with van der Waals surface area (Å²) in [6, 6.07) is 8.28. The predicted octanol–water partition coefficient (Wildman–Crippen LogP) is 1.53. The number of aromatic nitrogens is 1. The number of carbonyl (C=O) groups is 1. The van der Waals surface area contributed by atoms with Crippen molar-refractivity contribution in [1.29, 1.82) is 0 Å². The summed E-state index contributed by atoms with van der Waals surface area (Å²) in [5, 5.41) is 14.4. The number of nitrogens with zero attached hydrogens (tertiary/aromatic N) is 1. The third-order valence-electron chi connectivity index (χ3n) is 4.96. The SMILES string of the molecule is CNC1CCN(CCc2c[nH]c3ccccc23)C(=O)[C@H]1C(C)O. The van der Waals surface area contributed by atoms with Gasteiger partial charge in [0.25, 0.3) is 0 Å². The Labute approximate surface area is 136 Å². The number of fused-ring (bicyclic) bond motifs is 1. The van der Waals surface area contributed by atoms with Gasteiger partial charge in [-0.1, -0.05) is 18.2 Å². The first-order valence-corrected chi connectivity index (χ1v) is 8.31. The Morgan fingerprint density at radius 1 is 1.43 bits per heavy atom. The van der Waals surface area contributed by atoms with Gasteiger partial charge in [0.2, 0.25) is 5.91 Å². The number of rotatable bonds is 5. The molecule has 0 radical (unpaired) electrons. The van der Waals surface area contributed by atoms with Gasteiger partial charge in [-0.3, -0.25) is 4.79 Å². The smallest absolute Gasteiger partial charge is 0.229 e. The molecule has 1 saturated heterocycles. The van der Waals surface area contributed by atoms with E-state index in [1.165, 1.54) is 10.9 Å². The lowest BCUT2D eigenvalue weighted by atomic mass is 9.87. The summed E-state index contributed by atoms with van der Waals surface area (Å²) in [5.41, 5.74) is 2.36. The average Bonchev–Trinajstić information content (AvgIpc) is 2.96. The number of benzene rings is 1. The Balaban J connectivity index is 1.69. The molecule has 3 atom stereocenters. The van der Waals surface area contributed by atoms with Crippen LogP contribution >= 0.6 is 0 Å². The van der Waals surface area contributed by atoms with Gasteiger partial charge in [-0.15, -0.1) is 0 Å². The number of aliphatic hydroxyl groups is 1. The number of hydrogen-bond acceptors (Lipinski definition) is 3. The minimum atomic E-state index is -0.629. The molecule has 124 valence electrons. The molecule has 1 aromatic heterocycles. The van der Waals surface area contributed by atoms with E-state index in [-0.39, 0.29) is 17.9 Å². The van der Waals surface area contributed by atoms with Gasteiger partial charge in [0.15, 0.2) is 0 Å². The highest BCUT2D eigenvalue weighted by molar-refractivity contribution is 5.83. The van der Waals surface area contributed by atoms with E-state index in [2.05, 4.69) is 22.4 Å². The van der Waals surface area contributed by atoms with Crippen LogP contribution in [-0.4, -0.2) is 53.2 Å². The predicted molar refractivity (Wildman–Crippen MR) is 91.2 cm³/mol. The summed E-state index contributed by atoms with van der Waals surface area (Å²) in [6.45, 7) is 3.15. The lowest BCUT2D eigenvalue weighted by Gasteiger charge is -2.39. The molecule has 1 aliphatic heterocycles. The van der Waals surface area contributed by atoms with Crippen LogP contribution in [0.15, 0.2) is 30.5 Å². The van der Waals surface area contributed by atoms with Crippen molar-refractivity contribution in [1.82, 2.24) is 15.2 Å². The fourth-order valence-electron chi connectivity index (χ4n) is 3.65. The van der Waals surface area contributed by atoms with Gasteiger partial charge in [-0.05, 0) is 38.4 Å². The fourth-order valence-corrected chi connectivity index (χ4v) is 3.65. The summed E-state index contributed by atoms with van der Waals surface area (Å²) in [5.74, 6) is -0.290. The van der Waals surface area contributed by atoms with Gasteiger partial charge in [-0.2, -0.15) is 0 Å². The number of piperidine rings is 1. The molecule has 2 heterocycles. The van der Waals surface area contributed by atoms with E-state index in [9.17, 15) is 9.90 Å². The number of likely N-dealkylation sites (tertiary alicyclic amines) is 1. The molecular formula is C18H25N3O2. The Morgan fingerprint density at radius 2 is 2.22 bits per heavy atom. The molecule has 2 aromatic rings. The Hall–Kier alpha value is -1.85. The van der Waals surface area contributed by atoms with E-state index in [1.54, 1.807) is 6.92 Å². The number of aromatic amines is 1. The highest BCUT2D eigenvalue weighted by Crippen LogP contribution is 2.23. The first-order chi connectivity index (χ1) is 11.1. The standard InChI is InChI=1S/C18H25N3O2/c1-12(22)17-16(19-2)8-10-21(18(17)23)9-7-13-11-20-15-6-4-3-5-14(13)15/h3-6,11-12,16-17,19-20,22H,7-10H2,1-2H3/t12?,16?,17-/m0/s1. The minimum Gasteiger partial charge on any atom is -0.393 e. The first kappa shape index (κ1) is 16.0. The van der Waals surface area contributed by atoms with Crippen LogP contribution in [0.5, 0.6) is 0 Å². The van der Waals surface area contributed by atoms with Crippen LogP contribution in [-0.2, 0) is 11.2 Å². The molecule has 1 amide bonds. The van der Waals surface area contributed by atoms with Gasteiger partial charge in [0, 0.05) is 36.2 Å². The van der Waals surface area contributed by atoms with E-state index >= 15 is 0 Å². The van der Waals surface area contributed by atoms with Crippen LogP contribution in [0, 0.1) is 5.92 Å². The lowest BCUT2D eigenvalue weighted by Crippen LogP contribution is -2.55. The van der Waals surface area contributed by atoms with E-state index in [1.807, 2.05) is 30.3 Å². The molecule has 3 N–H and O–H groups in total. The first-order valence-electron chi connectivity index (χ1n) is 8.31. The van der Waals surface area contributed by atoms with Crippen molar-refractivity contribution in [3.8, 4) is 0 Å². The van der Waals surface area contributed by atoms with E-state index in [4.69, 9.17) is 0 Å². The Morgan fingerprint density at radius 3 is 2.96 bits per heavy atom. The number of para-hydroxylation sites is 1. The molecule has 3 rings (SSSR count). The second-order valence-corrected chi connectivity index (χ2v) is 6.39. The number of amides is 1. The van der Waals surface area contributed by atoms with Crippen LogP contribution in [0.2, 0.25) is 0 Å². The quantitative estimate of drug-likeness (QED) is 0.784. The van der Waals surface area contributed by atoms with Crippen molar-refractivity contribution < 1.29 is 9.90 Å². The van der Waals surface area contributed by atoms with Crippen molar-refractivity contribution in [3.63, 3.8) is 0 Å². The zero-order chi connectivity index (χ0) is 16.4. The highest BCUT2D eigenvalue weighted by Gasteiger charge is 2.38. The molecule has 1 aliphatic rings. The van der Waals surface area contributed by atoms with Crippen LogP contribution in [0.3, 0.4) is 0 Å². The van der Waals surface area contributed by atoms with E-state index < -0.39 is 6.10 Å². The van der Waals surface area contributed by atoms with Crippen LogP contribution in [0.1, 0.15) is 18.9 Å². The molecule has 5 nitrogen and oxygen atoms in total. The third kappa shape index (κ3) is 3.12. The van der Waals surface area contributed by atoms with Crippen LogP contribution in [0.4, 0.5) is 0 Å². The number of carbonyl (C=O) groups excluding carboxylic acids is 1. The molecule has 0 bridgehead atoms. The van der Waals surface area contributed by atoms with Crippen molar-refractivity contribution in [3.05, 3.63) is 36.0 Å². The van der Waals surface area contributed by atoms with Gasteiger partial charge < -0.3 is 20.3 Å². The number of aliphatic hydroxyl groups excluding tert-OH is 1. The number of hydrogen-bond donors (Lipinski definition) is 3. The Kier molecular flexibility index (Phi) is 4.68. The molecule has 23 heavy (non-hydrogen) atoms. The maximum atomic E-state index is 12.7. The Bertz CT molecular complexity index is 680.